The number of hydrazine groups is 1. The number of pyridine rings is 1. The predicted molar refractivity (Wildman–Crippen MR) is 172 cm³/mol. The Kier molecular flexibility index (Phi) is 12.2. The van der Waals surface area contributed by atoms with Crippen LogP contribution in [0.4, 0.5) is 0 Å². The molecule has 0 aliphatic carbocycles. The molecule has 1 saturated heterocycles. The molecule has 0 bridgehead atoms. The lowest BCUT2D eigenvalue weighted by molar-refractivity contribution is -0.157. The number of carbonyl (C=O) groups excluding carboxylic acids is 4. The van der Waals surface area contributed by atoms with Gasteiger partial charge in [0.05, 0.1) is 11.6 Å². The lowest BCUT2D eigenvalue weighted by atomic mass is 9.93. The Balaban J connectivity index is 1.60. The van der Waals surface area contributed by atoms with E-state index in [0.29, 0.717) is 19.4 Å². The average Bonchev–Trinajstić information content (AvgIpc) is 3.00. The van der Waals surface area contributed by atoms with E-state index < -0.39 is 36.1 Å². The number of ether oxygens (including phenoxy) is 1. The Morgan fingerprint density at radius 3 is 2.39 bits per heavy atom. The number of fused-ring (bicyclic) bond motifs is 1. The number of aromatic nitrogens is 1. The van der Waals surface area contributed by atoms with E-state index in [1.807, 2.05) is 78.0 Å². The summed E-state index contributed by atoms with van der Waals surface area (Å²) >= 11 is 0. The van der Waals surface area contributed by atoms with Crippen molar-refractivity contribution in [2.45, 2.75) is 85.5 Å². The van der Waals surface area contributed by atoms with Gasteiger partial charge in [0.15, 0.2) is 0 Å². The Morgan fingerprint density at radius 1 is 1.02 bits per heavy atom. The molecule has 3 amide bonds. The van der Waals surface area contributed by atoms with Crippen LogP contribution in [0.25, 0.3) is 16.8 Å². The third kappa shape index (κ3) is 8.75. The molecule has 0 saturated carbocycles. The highest BCUT2D eigenvalue weighted by Gasteiger charge is 2.34. The summed E-state index contributed by atoms with van der Waals surface area (Å²) in [6, 6.07) is 5.33. The molecule has 1 aromatic heterocycles. The lowest BCUT2D eigenvalue weighted by Crippen LogP contribution is -2.61. The minimum atomic E-state index is -0.883. The standard InChI is InChI=1S/C34H47N5O5/c1-9-12-28(20(3)4)31(40)37-30(21(5)6)32(41)36-22(7)33(42)39-16-11-13-29(38-39)34(43)44-23(8)24-14-15-25-19-35-27(10-2)18-26(25)17-24/h9-10,12,14-15,17-23,28-30,38H,2,11,13,16H2,1,3-8H3,(H,36,41)(H,37,40)/b12-9+/t22-,23+,28-,29-,30-/m0/s1. The van der Waals surface area contributed by atoms with Crippen LogP contribution in [0.2, 0.25) is 0 Å². The number of rotatable bonds is 12. The van der Waals surface area contributed by atoms with Gasteiger partial charge in [-0.15, -0.1) is 0 Å². The van der Waals surface area contributed by atoms with E-state index in [0.717, 1.165) is 22.0 Å². The van der Waals surface area contributed by atoms with Crippen molar-refractivity contribution >= 4 is 40.5 Å². The van der Waals surface area contributed by atoms with Crippen molar-refractivity contribution in [1.82, 2.24) is 26.1 Å². The maximum absolute atomic E-state index is 13.3. The summed E-state index contributed by atoms with van der Waals surface area (Å²) in [6.45, 7) is 17.0. The van der Waals surface area contributed by atoms with E-state index in [1.165, 1.54) is 5.01 Å². The fourth-order valence-electron chi connectivity index (χ4n) is 5.18. The number of amides is 3. The van der Waals surface area contributed by atoms with Gasteiger partial charge in [0.1, 0.15) is 24.2 Å². The van der Waals surface area contributed by atoms with Gasteiger partial charge in [-0.05, 0) is 74.6 Å². The number of nitrogens with one attached hydrogen (secondary N) is 3. The third-order valence-electron chi connectivity index (χ3n) is 7.87. The highest BCUT2D eigenvalue weighted by atomic mass is 16.5. The molecule has 44 heavy (non-hydrogen) atoms. The number of hydrogen-bond acceptors (Lipinski definition) is 7. The SMILES string of the molecule is C=Cc1cc2cc([C@@H](C)OC(=O)[C@@H]3CCCN(C(=O)[C@H](C)NC(=O)[C@@H](NC(=O)[C@@H](/C=C/C)C(C)C)C(C)C)N3)ccc2cn1. The average molecular weight is 606 g/mol. The van der Waals surface area contributed by atoms with Gasteiger partial charge >= 0.3 is 5.97 Å². The van der Waals surface area contributed by atoms with Gasteiger partial charge in [-0.3, -0.25) is 29.2 Å². The van der Waals surface area contributed by atoms with Gasteiger partial charge in [-0.2, -0.15) is 0 Å². The molecule has 1 aromatic carbocycles. The summed E-state index contributed by atoms with van der Waals surface area (Å²) < 4.78 is 5.79. The van der Waals surface area contributed by atoms with Crippen LogP contribution in [-0.2, 0) is 23.9 Å². The molecule has 10 heteroatoms. The number of hydrogen-bond donors (Lipinski definition) is 3. The maximum atomic E-state index is 13.3. The number of nitrogens with zero attached hydrogens (tertiary/aromatic N) is 2. The van der Waals surface area contributed by atoms with Crippen molar-refractivity contribution in [2.75, 3.05) is 6.54 Å². The first-order chi connectivity index (χ1) is 20.9. The zero-order valence-electron chi connectivity index (χ0n) is 26.9. The van der Waals surface area contributed by atoms with Gasteiger partial charge in [0, 0.05) is 18.1 Å². The summed E-state index contributed by atoms with van der Waals surface area (Å²) in [5.41, 5.74) is 4.59. The zero-order chi connectivity index (χ0) is 32.6. The van der Waals surface area contributed by atoms with Crippen LogP contribution in [-0.4, -0.2) is 58.4 Å². The molecule has 238 valence electrons. The minimum absolute atomic E-state index is 0.0612. The quantitative estimate of drug-likeness (QED) is 0.240. The second-order valence-electron chi connectivity index (χ2n) is 12.1. The first kappa shape index (κ1) is 34.4. The van der Waals surface area contributed by atoms with Crippen molar-refractivity contribution < 1.29 is 23.9 Å². The summed E-state index contributed by atoms with van der Waals surface area (Å²) in [7, 11) is 0. The van der Waals surface area contributed by atoms with Crippen molar-refractivity contribution in [3.05, 3.63) is 60.5 Å². The molecule has 2 aromatic rings. The summed E-state index contributed by atoms with van der Waals surface area (Å²) in [5, 5.41) is 8.93. The van der Waals surface area contributed by atoms with Gasteiger partial charge in [-0.25, -0.2) is 5.43 Å². The van der Waals surface area contributed by atoms with Crippen molar-refractivity contribution in [3.63, 3.8) is 0 Å². The first-order valence-corrected chi connectivity index (χ1v) is 15.4. The van der Waals surface area contributed by atoms with Gasteiger partial charge in [0.25, 0.3) is 5.91 Å². The van der Waals surface area contributed by atoms with Gasteiger partial charge < -0.3 is 15.4 Å². The van der Waals surface area contributed by atoms with Crippen molar-refractivity contribution in [1.29, 1.82) is 0 Å². The smallest absolute Gasteiger partial charge is 0.325 e. The summed E-state index contributed by atoms with van der Waals surface area (Å²) in [4.78, 5) is 56.9. The molecule has 5 atom stereocenters. The Morgan fingerprint density at radius 2 is 1.75 bits per heavy atom. The van der Waals surface area contributed by atoms with Crippen LogP contribution >= 0.6 is 0 Å². The van der Waals surface area contributed by atoms with Crippen LogP contribution in [0.3, 0.4) is 0 Å². The predicted octanol–water partition coefficient (Wildman–Crippen LogP) is 4.47. The van der Waals surface area contributed by atoms with Crippen LogP contribution < -0.4 is 16.1 Å². The lowest BCUT2D eigenvalue weighted by Gasteiger charge is -2.35. The third-order valence-corrected chi connectivity index (χ3v) is 7.87. The molecule has 3 rings (SSSR count). The number of carbonyl (C=O) groups is 4. The molecule has 0 radical (unpaired) electrons. The highest BCUT2D eigenvalue weighted by Crippen LogP contribution is 2.24. The number of esters is 1. The first-order valence-electron chi connectivity index (χ1n) is 15.4. The Bertz CT molecular complexity index is 1390. The fourth-order valence-corrected chi connectivity index (χ4v) is 5.18. The second-order valence-corrected chi connectivity index (χ2v) is 12.1. The van der Waals surface area contributed by atoms with Gasteiger partial charge in [-0.1, -0.05) is 58.6 Å². The molecule has 10 nitrogen and oxygen atoms in total. The molecule has 1 aliphatic heterocycles. The van der Waals surface area contributed by atoms with Gasteiger partial charge in [0.2, 0.25) is 11.8 Å². The van der Waals surface area contributed by atoms with E-state index >= 15 is 0 Å². The largest absolute Gasteiger partial charge is 0.457 e. The molecule has 0 spiro atoms. The molecule has 2 heterocycles. The molecular weight excluding hydrogens is 558 g/mol. The van der Waals surface area contributed by atoms with E-state index in [9.17, 15) is 19.2 Å². The van der Waals surface area contributed by atoms with Crippen molar-refractivity contribution in [3.8, 4) is 0 Å². The topological polar surface area (TPSA) is 130 Å². The summed E-state index contributed by atoms with van der Waals surface area (Å²) in [5.74, 6) is -2.02. The van der Waals surface area contributed by atoms with Crippen LogP contribution in [0, 0.1) is 17.8 Å². The van der Waals surface area contributed by atoms with Crippen molar-refractivity contribution in [2.24, 2.45) is 17.8 Å². The number of benzene rings is 1. The van der Waals surface area contributed by atoms with Crippen LogP contribution in [0.1, 0.15) is 78.7 Å². The molecular formula is C34H47N5O5. The Labute approximate surface area is 260 Å². The van der Waals surface area contributed by atoms with Crippen LogP contribution in [0.5, 0.6) is 0 Å². The maximum Gasteiger partial charge on any atom is 0.325 e. The zero-order valence-corrected chi connectivity index (χ0v) is 26.9. The van der Waals surface area contributed by atoms with E-state index in [1.54, 1.807) is 19.2 Å². The fraction of sp³-hybridized carbons (Fsp3) is 0.500. The molecule has 0 unspecified atom stereocenters. The van der Waals surface area contributed by atoms with E-state index in [-0.39, 0.29) is 29.6 Å². The second kappa shape index (κ2) is 15.6. The molecule has 1 aliphatic rings. The van der Waals surface area contributed by atoms with Crippen LogP contribution in [0.15, 0.2) is 49.2 Å². The number of allylic oxidation sites excluding steroid dienone is 1. The minimum Gasteiger partial charge on any atom is -0.457 e. The normalized spacial score (nSPS) is 18.1. The summed E-state index contributed by atoms with van der Waals surface area (Å²) in [6.07, 6.45) is 7.69. The monoisotopic (exact) mass is 605 g/mol. The van der Waals surface area contributed by atoms with E-state index in [2.05, 4.69) is 27.6 Å². The molecule has 1 fully saturated rings. The molecule has 3 N–H and O–H groups in total. The Hall–Kier alpha value is -4.05. The highest BCUT2D eigenvalue weighted by molar-refractivity contribution is 5.93. The van der Waals surface area contributed by atoms with E-state index in [4.69, 9.17) is 4.74 Å².